The molecule has 0 saturated heterocycles. The van der Waals surface area contributed by atoms with Crippen molar-refractivity contribution in [2.24, 2.45) is 0 Å². The van der Waals surface area contributed by atoms with E-state index in [1.807, 2.05) is 6.92 Å². The van der Waals surface area contributed by atoms with E-state index in [0.29, 0.717) is 23.6 Å². The third kappa shape index (κ3) is 5.56. The number of nitrogens with one attached hydrogen (secondary N) is 1. The molecule has 23 heavy (non-hydrogen) atoms. The molecule has 0 aliphatic rings. The number of carbonyl (C=O) groups is 1. The number of benzene rings is 2. The van der Waals surface area contributed by atoms with Crippen molar-refractivity contribution in [3.05, 3.63) is 59.7 Å². The van der Waals surface area contributed by atoms with Crippen molar-refractivity contribution in [3.8, 4) is 5.75 Å². The van der Waals surface area contributed by atoms with Gasteiger partial charge >= 0.3 is 0 Å². The highest BCUT2D eigenvalue weighted by atomic mass is 32.2. The SMILES string of the molecule is CCOc1ccc(NC(=O)CSCc2ccc(F)c(F)c2)cc1. The van der Waals surface area contributed by atoms with Crippen LogP contribution in [0.4, 0.5) is 14.5 Å². The zero-order valence-corrected chi connectivity index (χ0v) is 13.5. The quantitative estimate of drug-likeness (QED) is 0.821. The Labute approximate surface area is 138 Å². The van der Waals surface area contributed by atoms with Crippen molar-refractivity contribution in [2.75, 3.05) is 17.7 Å². The minimum Gasteiger partial charge on any atom is -0.494 e. The molecular formula is C17H17F2NO2S. The number of ether oxygens (including phenoxy) is 1. The van der Waals surface area contributed by atoms with Crippen molar-refractivity contribution < 1.29 is 18.3 Å². The molecule has 6 heteroatoms. The Morgan fingerprint density at radius 3 is 2.52 bits per heavy atom. The lowest BCUT2D eigenvalue weighted by atomic mass is 10.2. The van der Waals surface area contributed by atoms with Gasteiger partial charge in [0.15, 0.2) is 11.6 Å². The number of carbonyl (C=O) groups excluding carboxylic acids is 1. The third-order valence-corrected chi connectivity index (χ3v) is 3.94. The van der Waals surface area contributed by atoms with E-state index in [-0.39, 0.29) is 11.7 Å². The van der Waals surface area contributed by atoms with Gasteiger partial charge in [0.25, 0.3) is 0 Å². The predicted molar refractivity (Wildman–Crippen MR) is 88.8 cm³/mol. The van der Waals surface area contributed by atoms with Crippen LogP contribution in [0, 0.1) is 11.6 Å². The fraction of sp³-hybridized carbons (Fsp3) is 0.235. The van der Waals surface area contributed by atoms with E-state index < -0.39 is 11.6 Å². The lowest BCUT2D eigenvalue weighted by Gasteiger charge is -2.07. The molecule has 2 rings (SSSR count). The van der Waals surface area contributed by atoms with Gasteiger partial charge in [-0.2, -0.15) is 0 Å². The first-order valence-corrected chi connectivity index (χ1v) is 8.28. The minimum absolute atomic E-state index is 0.151. The lowest BCUT2D eigenvalue weighted by Crippen LogP contribution is -2.14. The van der Waals surface area contributed by atoms with Crippen molar-refractivity contribution in [3.63, 3.8) is 0 Å². The van der Waals surface area contributed by atoms with Crippen LogP contribution in [0.3, 0.4) is 0 Å². The minimum atomic E-state index is -0.873. The molecule has 0 heterocycles. The van der Waals surface area contributed by atoms with Crippen LogP contribution in [0.15, 0.2) is 42.5 Å². The van der Waals surface area contributed by atoms with Crippen LogP contribution in [0.2, 0.25) is 0 Å². The number of hydrogen-bond acceptors (Lipinski definition) is 3. The highest BCUT2D eigenvalue weighted by Crippen LogP contribution is 2.18. The van der Waals surface area contributed by atoms with E-state index in [4.69, 9.17) is 4.74 Å². The van der Waals surface area contributed by atoms with E-state index in [0.717, 1.165) is 17.9 Å². The van der Waals surface area contributed by atoms with E-state index in [1.165, 1.54) is 17.8 Å². The predicted octanol–water partition coefficient (Wildman–Crippen LogP) is 4.24. The van der Waals surface area contributed by atoms with Crippen LogP contribution in [0.25, 0.3) is 0 Å². The molecule has 0 fully saturated rings. The zero-order chi connectivity index (χ0) is 16.7. The molecular weight excluding hydrogens is 320 g/mol. The Kier molecular flexibility index (Phi) is 6.40. The molecule has 0 aliphatic carbocycles. The maximum Gasteiger partial charge on any atom is 0.234 e. The van der Waals surface area contributed by atoms with Gasteiger partial charge in [-0.15, -0.1) is 11.8 Å². The van der Waals surface area contributed by atoms with Gasteiger partial charge in [-0.3, -0.25) is 4.79 Å². The van der Waals surface area contributed by atoms with Crippen LogP contribution in [-0.4, -0.2) is 18.3 Å². The molecule has 3 nitrogen and oxygen atoms in total. The first-order valence-electron chi connectivity index (χ1n) is 7.13. The number of halogens is 2. The second-order valence-corrected chi connectivity index (χ2v) is 5.73. The fourth-order valence-corrected chi connectivity index (χ4v) is 2.66. The largest absolute Gasteiger partial charge is 0.494 e. The number of rotatable bonds is 7. The first kappa shape index (κ1) is 17.3. The average molecular weight is 337 g/mol. The van der Waals surface area contributed by atoms with Crippen LogP contribution >= 0.6 is 11.8 Å². The summed E-state index contributed by atoms with van der Waals surface area (Å²) in [4.78, 5) is 11.8. The summed E-state index contributed by atoms with van der Waals surface area (Å²) >= 11 is 1.33. The summed E-state index contributed by atoms with van der Waals surface area (Å²) in [5.74, 6) is -0.478. The maximum atomic E-state index is 13.1. The monoisotopic (exact) mass is 337 g/mol. The van der Waals surface area contributed by atoms with Crippen LogP contribution in [0.1, 0.15) is 12.5 Å². The molecule has 122 valence electrons. The van der Waals surface area contributed by atoms with Crippen molar-refractivity contribution in [1.82, 2.24) is 0 Å². The summed E-state index contributed by atoms with van der Waals surface area (Å²) in [7, 11) is 0. The molecule has 0 atom stereocenters. The summed E-state index contributed by atoms with van der Waals surface area (Å²) in [5, 5.41) is 2.77. The van der Waals surface area contributed by atoms with Crippen LogP contribution in [0.5, 0.6) is 5.75 Å². The van der Waals surface area contributed by atoms with Crippen molar-refractivity contribution in [1.29, 1.82) is 0 Å². The molecule has 0 bridgehead atoms. The Balaban J connectivity index is 1.77. The van der Waals surface area contributed by atoms with Gasteiger partial charge in [-0.05, 0) is 48.9 Å². The highest BCUT2D eigenvalue weighted by Gasteiger charge is 2.06. The smallest absolute Gasteiger partial charge is 0.234 e. The summed E-state index contributed by atoms with van der Waals surface area (Å²) < 4.78 is 31.2. The van der Waals surface area contributed by atoms with E-state index >= 15 is 0 Å². The Hall–Kier alpha value is -2.08. The molecule has 0 radical (unpaired) electrons. The molecule has 2 aromatic carbocycles. The number of amides is 1. The number of anilines is 1. The molecule has 0 aliphatic heterocycles. The third-order valence-electron chi connectivity index (χ3n) is 2.93. The van der Waals surface area contributed by atoms with Crippen molar-refractivity contribution in [2.45, 2.75) is 12.7 Å². The molecule has 1 amide bonds. The summed E-state index contributed by atoms with van der Waals surface area (Å²) in [5.41, 5.74) is 1.33. The Morgan fingerprint density at radius 1 is 1.13 bits per heavy atom. The van der Waals surface area contributed by atoms with Gasteiger partial charge in [-0.25, -0.2) is 8.78 Å². The second kappa shape index (κ2) is 8.53. The molecule has 0 aromatic heterocycles. The molecule has 0 saturated carbocycles. The molecule has 2 aromatic rings. The number of hydrogen-bond donors (Lipinski definition) is 1. The lowest BCUT2D eigenvalue weighted by molar-refractivity contribution is -0.113. The van der Waals surface area contributed by atoms with Gasteiger partial charge in [0.2, 0.25) is 5.91 Å². The molecule has 0 spiro atoms. The van der Waals surface area contributed by atoms with E-state index in [2.05, 4.69) is 5.32 Å². The van der Waals surface area contributed by atoms with E-state index in [1.54, 1.807) is 24.3 Å². The van der Waals surface area contributed by atoms with Gasteiger partial charge < -0.3 is 10.1 Å². The first-order chi connectivity index (χ1) is 11.1. The van der Waals surface area contributed by atoms with Crippen LogP contribution in [-0.2, 0) is 10.5 Å². The van der Waals surface area contributed by atoms with Crippen molar-refractivity contribution >= 4 is 23.4 Å². The number of thioether (sulfide) groups is 1. The average Bonchev–Trinajstić information content (AvgIpc) is 2.53. The second-order valence-electron chi connectivity index (χ2n) is 4.75. The van der Waals surface area contributed by atoms with Gasteiger partial charge in [0, 0.05) is 11.4 Å². The van der Waals surface area contributed by atoms with E-state index in [9.17, 15) is 13.6 Å². The molecule has 0 unspecified atom stereocenters. The summed E-state index contributed by atoms with van der Waals surface area (Å²) in [6, 6.07) is 10.8. The summed E-state index contributed by atoms with van der Waals surface area (Å²) in [6.45, 7) is 2.49. The Bertz CT molecular complexity index is 662. The highest BCUT2D eigenvalue weighted by molar-refractivity contribution is 7.99. The van der Waals surface area contributed by atoms with Gasteiger partial charge in [0.05, 0.1) is 12.4 Å². The zero-order valence-electron chi connectivity index (χ0n) is 12.6. The standard InChI is InChI=1S/C17H17F2NO2S/c1-2-22-14-6-4-13(5-7-14)20-17(21)11-23-10-12-3-8-15(18)16(19)9-12/h3-9H,2,10-11H2,1H3,(H,20,21). The normalized spacial score (nSPS) is 10.4. The van der Waals surface area contributed by atoms with Crippen LogP contribution < -0.4 is 10.1 Å². The fourth-order valence-electron chi connectivity index (χ4n) is 1.89. The van der Waals surface area contributed by atoms with Gasteiger partial charge in [-0.1, -0.05) is 6.07 Å². The maximum absolute atomic E-state index is 13.1. The van der Waals surface area contributed by atoms with Gasteiger partial charge in [0.1, 0.15) is 5.75 Å². The summed E-state index contributed by atoms with van der Waals surface area (Å²) in [6.07, 6.45) is 0. The topological polar surface area (TPSA) is 38.3 Å². The molecule has 1 N–H and O–H groups in total. The Morgan fingerprint density at radius 2 is 1.87 bits per heavy atom.